The molecule has 1 saturated heterocycles. The van der Waals surface area contributed by atoms with Crippen LogP contribution in [0.3, 0.4) is 0 Å². The molecule has 3 aromatic rings. The number of hydrogen-bond donors (Lipinski definition) is 1. The van der Waals surface area contributed by atoms with Crippen molar-refractivity contribution in [2.75, 3.05) is 19.6 Å². The maximum Gasteiger partial charge on any atom is 0.0920 e. The van der Waals surface area contributed by atoms with Gasteiger partial charge in [0.25, 0.3) is 0 Å². The average Bonchev–Trinajstić information content (AvgIpc) is 3.27. The molecule has 0 radical (unpaired) electrons. The quantitative estimate of drug-likeness (QED) is 0.520. The third-order valence-corrected chi connectivity index (χ3v) is 8.36. The second kappa shape index (κ2) is 7.08. The highest BCUT2D eigenvalue weighted by atomic mass is 35.5. The van der Waals surface area contributed by atoms with Crippen LogP contribution in [-0.4, -0.2) is 29.6 Å². The van der Waals surface area contributed by atoms with E-state index < -0.39 is 5.60 Å². The molecule has 1 heterocycles. The Morgan fingerprint density at radius 3 is 2.29 bits per heavy atom. The number of hydrogen-bond acceptors (Lipinski definition) is 2. The van der Waals surface area contributed by atoms with Gasteiger partial charge in [-0.2, -0.15) is 0 Å². The molecule has 31 heavy (non-hydrogen) atoms. The van der Waals surface area contributed by atoms with Gasteiger partial charge in [-0.05, 0) is 71.3 Å². The lowest BCUT2D eigenvalue weighted by atomic mass is 9.74. The first-order valence-corrected chi connectivity index (χ1v) is 11.8. The maximum atomic E-state index is 11.3. The van der Waals surface area contributed by atoms with Crippen molar-refractivity contribution in [3.63, 3.8) is 0 Å². The average molecular weight is 450 g/mol. The predicted molar refractivity (Wildman–Crippen MR) is 126 cm³/mol. The van der Waals surface area contributed by atoms with Gasteiger partial charge in [0.1, 0.15) is 0 Å². The summed E-state index contributed by atoms with van der Waals surface area (Å²) in [5.41, 5.74) is 5.99. The van der Waals surface area contributed by atoms with Gasteiger partial charge in [0.2, 0.25) is 0 Å². The molecule has 0 aromatic heterocycles. The number of piperidine rings is 1. The molecule has 6 rings (SSSR count). The Kier molecular flexibility index (Phi) is 4.53. The molecule has 158 valence electrons. The largest absolute Gasteiger partial charge is 0.385 e. The Labute approximate surface area is 193 Å². The summed E-state index contributed by atoms with van der Waals surface area (Å²) in [6, 6.07) is 23.1. The van der Waals surface area contributed by atoms with Gasteiger partial charge in [-0.3, -0.25) is 0 Å². The lowest BCUT2D eigenvalue weighted by Gasteiger charge is -2.43. The van der Waals surface area contributed by atoms with E-state index in [-0.39, 0.29) is 5.41 Å². The van der Waals surface area contributed by atoms with Crippen LogP contribution in [0.2, 0.25) is 10.0 Å². The molecule has 1 fully saturated rings. The Bertz CT molecular complexity index is 1150. The van der Waals surface area contributed by atoms with Crippen LogP contribution in [0.25, 0.3) is 0 Å². The summed E-state index contributed by atoms with van der Waals surface area (Å²) in [6.07, 6.45) is 2.59. The zero-order valence-corrected chi connectivity index (χ0v) is 18.8. The highest BCUT2D eigenvalue weighted by Crippen LogP contribution is 2.60. The molecule has 2 nitrogen and oxygen atoms in total. The van der Waals surface area contributed by atoms with Gasteiger partial charge in [-0.15, -0.1) is 0 Å². The summed E-state index contributed by atoms with van der Waals surface area (Å²) in [4.78, 5) is 2.54. The first-order valence-electron chi connectivity index (χ1n) is 11.1. The summed E-state index contributed by atoms with van der Waals surface area (Å²) in [5, 5.41) is 12.8. The Morgan fingerprint density at radius 2 is 1.52 bits per heavy atom. The van der Waals surface area contributed by atoms with Crippen LogP contribution in [0.4, 0.5) is 0 Å². The van der Waals surface area contributed by atoms with E-state index in [1.165, 1.54) is 22.3 Å². The summed E-state index contributed by atoms with van der Waals surface area (Å²) in [6.45, 7) is 2.73. The second-order valence-electron chi connectivity index (χ2n) is 9.47. The predicted octanol–water partition coefficient (Wildman–Crippen LogP) is 6.11. The lowest BCUT2D eigenvalue weighted by molar-refractivity contribution is -0.0289. The van der Waals surface area contributed by atoms with Gasteiger partial charge in [-0.25, -0.2) is 0 Å². The van der Waals surface area contributed by atoms with Gasteiger partial charge < -0.3 is 10.0 Å². The highest BCUT2D eigenvalue weighted by molar-refractivity contribution is 6.30. The van der Waals surface area contributed by atoms with Crippen molar-refractivity contribution < 1.29 is 5.11 Å². The first-order chi connectivity index (χ1) is 15.0. The molecule has 0 saturated carbocycles. The van der Waals surface area contributed by atoms with Crippen LogP contribution < -0.4 is 0 Å². The zero-order chi connectivity index (χ0) is 21.2. The lowest BCUT2D eigenvalue weighted by Crippen LogP contribution is -2.47. The molecule has 2 unspecified atom stereocenters. The highest BCUT2D eigenvalue weighted by Gasteiger charge is 2.53. The van der Waals surface area contributed by atoms with Gasteiger partial charge >= 0.3 is 0 Å². The molecule has 0 amide bonds. The summed E-state index contributed by atoms with van der Waals surface area (Å²) in [5.74, 6) is 0.472. The molecule has 1 aliphatic heterocycles. The number of benzene rings is 3. The summed E-state index contributed by atoms with van der Waals surface area (Å²) in [7, 11) is 0. The van der Waals surface area contributed by atoms with E-state index in [4.69, 9.17) is 23.2 Å². The third kappa shape index (κ3) is 3.00. The number of nitrogens with zero attached hydrogens (tertiary/aromatic N) is 1. The molecule has 3 aliphatic rings. The maximum absolute atomic E-state index is 11.3. The summed E-state index contributed by atoms with van der Waals surface area (Å²) < 4.78 is 0. The molecule has 4 heteroatoms. The van der Waals surface area contributed by atoms with Gasteiger partial charge in [0, 0.05) is 41.0 Å². The van der Waals surface area contributed by atoms with Gasteiger partial charge in [0.05, 0.1) is 5.60 Å². The molecule has 2 atom stereocenters. The Hall–Kier alpha value is -1.84. The normalized spacial score (nSPS) is 26.0. The summed E-state index contributed by atoms with van der Waals surface area (Å²) >= 11 is 12.5. The van der Waals surface area contributed by atoms with Gasteiger partial charge in [-0.1, -0.05) is 65.7 Å². The fourth-order valence-electron chi connectivity index (χ4n) is 6.33. The van der Waals surface area contributed by atoms with Crippen molar-refractivity contribution >= 4 is 23.2 Å². The first kappa shape index (κ1) is 19.8. The van der Waals surface area contributed by atoms with Crippen molar-refractivity contribution in [3.8, 4) is 0 Å². The van der Waals surface area contributed by atoms with E-state index in [2.05, 4.69) is 41.3 Å². The van der Waals surface area contributed by atoms with Crippen LogP contribution in [0.5, 0.6) is 0 Å². The van der Waals surface area contributed by atoms with Crippen molar-refractivity contribution in [1.29, 1.82) is 0 Å². The number of halogens is 2. The SMILES string of the molecule is OC1(c2ccc(Cl)cc2)CCN(CC23CC(c4ccccc42)c2ccc(Cl)cc23)CC1. The van der Waals surface area contributed by atoms with Crippen molar-refractivity contribution in [1.82, 2.24) is 4.90 Å². The topological polar surface area (TPSA) is 23.5 Å². The molecular formula is C27H25Cl2NO. The van der Waals surface area contributed by atoms with E-state index >= 15 is 0 Å². The molecule has 2 aliphatic carbocycles. The molecular weight excluding hydrogens is 425 g/mol. The van der Waals surface area contributed by atoms with Crippen molar-refractivity contribution in [2.24, 2.45) is 0 Å². The van der Waals surface area contributed by atoms with E-state index in [9.17, 15) is 5.11 Å². The fraction of sp³-hybridized carbons (Fsp3) is 0.333. The standard InChI is InChI=1S/C27H25Cl2NO/c28-19-7-5-18(6-8-19)27(31)11-13-30(14-12-27)17-26-16-23(21-3-1-2-4-24(21)26)22-10-9-20(29)15-25(22)26/h1-10,15,23,31H,11-14,16-17H2. The Balaban J connectivity index is 1.30. The Morgan fingerprint density at radius 1 is 0.839 bits per heavy atom. The van der Waals surface area contributed by atoms with Crippen LogP contribution >= 0.6 is 23.2 Å². The molecule has 3 aromatic carbocycles. The van der Waals surface area contributed by atoms with Crippen molar-refractivity contribution in [3.05, 3.63) is 105 Å². The minimum absolute atomic E-state index is 0.00276. The van der Waals surface area contributed by atoms with E-state index in [1.807, 2.05) is 30.3 Å². The second-order valence-corrected chi connectivity index (χ2v) is 10.3. The number of rotatable bonds is 3. The minimum atomic E-state index is -0.772. The van der Waals surface area contributed by atoms with Crippen molar-refractivity contribution in [2.45, 2.75) is 36.2 Å². The molecule has 2 bridgehead atoms. The third-order valence-electron chi connectivity index (χ3n) is 7.87. The van der Waals surface area contributed by atoms with E-state index in [0.717, 1.165) is 49.5 Å². The fourth-order valence-corrected chi connectivity index (χ4v) is 6.63. The van der Waals surface area contributed by atoms with Crippen LogP contribution in [0.1, 0.15) is 53.0 Å². The van der Waals surface area contributed by atoms with Crippen LogP contribution in [0.15, 0.2) is 66.7 Å². The van der Waals surface area contributed by atoms with Crippen LogP contribution in [0, 0.1) is 0 Å². The zero-order valence-electron chi connectivity index (χ0n) is 17.3. The van der Waals surface area contributed by atoms with Crippen LogP contribution in [-0.2, 0) is 11.0 Å². The number of fused-ring (bicyclic) bond motifs is 8. The number of aliphatic hydroxyl groups is 1. The van der Waals surface area contributed by atoms with E-state index in [1.54, 1.807) is 0 Å². The minimum Gasteiger partial charge on any atom is -0.385 e. The molecule has 0 spiro atoms. The van der Waals surface area contributed by atoms with Gasteiger partial charge in [0.15, 0.2) is 0 Å². The monoisotopic (exact) mass is 449 g/mol. The van der Waals surface area contributed by atoms with E-state index in [0.29, 0.717) is 10.9 Å². The molecule has 1 N–H and O–H groups in total. The smallest absolute Gasteiger partial charge is 0.0920 e. The number of likely N-dealkylation sites (tertiary alicyclic amines) is 1.